The number of aromatic nitrogens is 3. The number of rotatable bonds is 5. The second kappa shape index (κ2) is 6.12. The largest absolute Gasteiger partial charge is 0.315 e. The summed E-state index contributed by atoms with van der Waals surface area (Å²) in [5, 5.41) is 9.10. The Balaban J connectivity index is 1.68. The average Bonchev–Trinajstić information content (AvgIpc) is 3.32. The van der Waals surface area contributed by atoms with E-state index in [9.17, 15) is 4.79 Å². The van der Waals surface area contributed by atoms with Crippen LogP contribution in [0.15, 0.2) is 35.5 Å². The molecule has 22 heavy (non-hydrogen) atoms. The lowest BCUT2D eigenvalue weighted by atomic mass is 10.3. The molecule has 0 aliphatic heterocycles. The van der Waals surface area contributed by atoms with Crippen LogP contribution >= 0.6 is 11.8 Å². The lowest BCUT2D eigenvalue weighted by molar-refractivity contribution is -0.117. The molecule has 1 aliphatic carbocycles. The van der Waals surface area contributed by atoms with Gasteiger partial charge in [-0.2, -0.15) is 0 Å². The molecule has 3 rings (SSSR count). The molecule has 1 atom stereocenters. The third-order valence-corrected chi connectivity index (χ3v) is 5.04. The van der Waals surface area contributed by atoms with Crippen molar-refractivity contribution in [3.05, 3.63) is 36.2 Å². The highest BCUT2D eigenvalue weighted by molar-refractivity contribution is 8.00. The zero-order chi connectivity index (χ0) is 15.7. The van der Waals surface area contributed by atoms with Crippen molar-refractivity contribution in [3.63, 3.8) is 0 Å². The van der Waals surface area contributed by atoms with Gasteiger partial charge in [-0.15, -0.1) is 10.2 Å². The number of hydrogen-bond acceptors (Lipinski definition) is 4. The van der Waals surface area contributed by atoms with Crippen molar-refractivity contribution in [2.75, 3.05) is 11.9 Å². The van der Waals surface area contributed by atoms with E-state index >= 15 is 0 Å². The van der Waals surface area contributed by atoms with Crippen molar-refractivity contribution in [2.45, 2.75) is 36.1 Å². The molecule has 2 aromatic rings. The van der Waals surface area contributed by atoms with Crippen molar-refractivity contribution < 1.29 is 4.79 Å². The Kier molecular flexibility index (Phi) is 4.20. The van der Waals surface area contributed by atoms with Crippen LogP contribution in [0.25, 0.3) is 0 Å². The Morgan fingerprint density at radius 1 is 1.32 bits per heavy atom. The first-order chi connectivity index (χ1) is 10.6. The van der Waals surface area contributed by atoms with Crippen molar-refractivity contribution in [1.29, 1.82) is 0 Å². The fourth-order valence-electron chi connectivity index (χ4n) is 2.39. The van der Waals surface area contributed by atoms with Crippen LogP contribution in [0.5, 0.6) is 0 Å². The lowest BCUT2D eigenvalue weighted by Gasteiger charge is -2.20. The molecule has 1 saturated carbocycles. The molecule has 0 bridgehead atoms. The van der Waals surface area contributed by atoms with E-state index in [2.05, 4.69) is 10.2 Å². The molecule has 1 amide bonds. The third kappa shape index (κ3) is 3.02. The van der Waals surface area contributed by atoms with Gasteiger partial charge >= 0.3 is 0 Å². The Bertz CT molecular complexity index is 666. The van der Waals surface area contributed by atoms with Gasteiger partial charge in [-0.25, -0.2) is 0 Å². The van der Waals surface area contributed by atoms with E-state index < -0.39 is 0 Å². The van der Waals surface area contributed by atoms with Crippen LogP contribution in [0, 0.1) is 0 Å². The molecule has 0 N–H and O–H groups in total. The quantitative estimate of drug-likeness (QED) is 0.796. The van der Waals surface area contributed by atoms with Crippen LogP contribution in [0.4, 0.5) is 5.69 Å². The number of para-hydroxylation sites is 1. The Morgan fingerprint density at radius 3 is 2.64 bits per heavy atom. The van der Waals surface area contributed by atoms with Gasteiger partial charge in [0.25, 0.3) is 0 Å². The molecule has 116 valence electrons. The standard InChI is InChI=1S/C16H20N4OS/c1-11(15(21)19(2)13-7-5-4-6-8-13)22-16-18-17-14(20(16)3)12-9-10-12/h4-8,11-12H,9-10H2,1-3H3/t11-/m0/s1. The van der Waals surface area contributed by atoms with Crippen molar-refractivity contribution in [3.8, 4) is 0 Å². The summed E-state index contributed by atoms with van der Waals surface area (Å²) in [6.45, 7) is 1.91. The van der Waals surface area contributed by atoms with Crippen LogP contribution in [0.1, 0.15) is 31.5 Å². The zero-order valence-electron chi connectivity index (χ0n) is 13.1. The van der Waals surface area contributed by atoms with E-state index in [1.165, 1.54) is 24.6 Å². The van der Waals surface area contributed by atoms with Crippen molar-refractivity contribution in [2.24, 2.45) is 7.05 Å². The minimum absolute atomic E-state index is 0.0622. The summed E-state index contributed by atoms with van der Waals surface area (Å²) in [7, 11) is 3.79. The number of carbonyl (C=O) groups excluding carboxylic acids is 1. The number of amides is 1. The molecule has 0 unspecified atom stereocenters. The lowest BCUT2D eigenvalue weighted by Crippen LogP contribution is -2.33. The summed E-state index contributed by atoms with van der Waals surface area (Å²) in [4.78, 5) is 14.3. The van der Waals surface area contributed by atoms with E-state index in [4.69, 9.17) is 0 Å². The number of thioether (sulfide) groups is 1. The SMILES string of the molecule is C[C@H](Sc1nnc(C2CC2)n1C)C(=O)N(C)c1ccccc1. The number of anilines is 1. The normalized spacial score (nSPS) is 15.6. The van der Waals surface area contributed by atoms with Crippen LogP contribution in [0.2, 0.25) is 0 Å². The summed E-state index contributed by atoms with van der Waals surface area (Å²) in [6.07, 6.45) is 2.39. The second-order valence-electron chi connectivity index (χ2n) is 5.67. The minimum Gasteiger partial charge on any atom is -0.315 e. The summed E-state index contributed by atoms with van der Waals surface area (Å²) >= 11 is 1.47. The van der Waals surface area contributed by atoms with Gasteiger partial charge in [-0.05, 0) is 31.9 Å². The predicted octanol–water partition coefficient (Wildman–Crippen LogP) is 2.84. The Labute approximate surface area is 134 Å². The minimum atomic E-state index is -0.208. The van der Waals surface area contributed by atoms with E-state index in [1.54, 1.807) is 11.9 Å². The molecule has 1 fully saturated rings. The average molecular weight is 316 g/mol. The zero-order valence-corrected chi connectivity index (χ0v) is 13.9. The molecular formula is C16H20N4OS. The molecular weight excluding hydrogens is 296 g/mol. The summed E-state index contributed by atoms with van der Waals surface area (Å²) in [5.41, 5.74) is 0.900. The number of benzene rings is 1. The molecule has 0 saturated heterocycles. The van der Waals surface area contributed by atoms with Crippen LogP contribution in [-0.2, 0) is 11.8 Å². The maximum absolute atomic E-state index is 12.6. The Morgan fingerprint density at radius 2 is 2.00 bits per heavy atom. The molecule has 1 aromatic carbocycles. The van der Waals surface area contributed by atoms with Gasteiger partial charge in [0.1, 0.15) is 5.82 Å². The fourth-order valence-corrected chi connectivity index (χ4v) is 3.30. The van der Waals surface area contributed by atoms with Gasteiger partial charge in [0, 0.05) is 25.7 Å². The summed E-state index contributed by atoms with van der Waals surface area (Å²) < 4.78 is 2.02. The van der Waals surface area contributed by atoms with Crippen LogP contribution < -0.4 is 4.90 Å². The van der Waals surface area contributed by atoms with Crippen molar-refractivity contribution >= 4 is 23.4 Å². The van der Waals surface area contributed by atoms with E-state index in [0.717, 1.165) is 16.7 Å². The number of carbonyl (C=O) groups is 1. The summed E-state index contributed by atoms with van der Waals surface area (Å²) in [6, 6.07) is 9.67. The highest BCUT2D eigenvalue weighted by Crippen LogP contribution is 2.39. The number of nitrogens with zero attached hydrogens (tertiary/aromatic N) is 4. The highest BCUT2D eigenvalue weighted by atomic mass is 32.2. The molecule has 1 aliphatic rings. The second-order valence-corrected chi connectivity index (χ2v) is 6.97. The monoisotopic (exact) mass is 316 g/mol. The van der Waals surface area contributed by atoms with E-state index in [-0.39, 0.29) is 11.2 Å². The van der Waals surface area contributed by atoms with Crippen molar-refractivity contribution in [1.82, 2.24) is 14.8 Å². The van der Waals surface area contributed by atoms with Gasteiger partial charge in [0.2, 0.25) is 5.91 Å². The first-order valence-corrected chi connectivity index (χ1v) is 8.34. The number of hydrogen-bond donors (Lipinski definition) is 0. The third-order valence-electron chi connectivity index (χ3n) is 3.92. The molecule has 6 heteroatoms. The highest BCUT2D eigenvalue weighted by Gasteiger charge is 2.30. The van der Waals surface area contributed by atoms with E-state index in [0.29, 0.717) is 5.92 Å². The topological polar surface area (TPSA) is 51.0 Å². The van der Waals surface area contributed by atoms with Crippen LogP contribution in [0.3, 0.4) is 0 Å². The summed E-state index contributed by atoms with van der Waals surface area (Å²) in [5.74, 6) is 1.66. The Hall–Kier alpha value is -1.82. The van der Waals surface area contributed by atoms with Gasteiger partial charge in [-0.3, -0.25) is 4.79 Å². The van der Waals surface area contributed by atoms with Gasteiger partial charge in [0.05, 0.1) is 5.25 Å². The van der Waals surface area contributed by atoms with Gasteiger partial charge < -0.3 is 9.47 Å². The fraction of sp³-hybridized carbons (Fsp3) is 0.438. The maximum Gasteiger partial charge on any atom is 0.240 e. The smallest absolute Gasteiger partial charge is 0.240 e. The molecule has 1 aromatic heterocycles. The molecule has 0 radical (unpaired) electrons. The predicted molar refractivity (Wildman–Crippen MR) is 88.1 cm³/mol. The van der Waals surface area contributed by atoms with Crippen LogP contribution in [-0.4, -0.2) is 33.0 Å². The molecule has 5 nitrogen and oxygen atoms in total. The first kappa shape index (κ1) is 15.1. The molecule has 0 spiro atoms. The van der Waals surface area contributed by atoms with E-state index in [1.807, 2.05) is 48.9 Å². The maximum atomic E-state index is 12.6. The first-order valence-electron chi connectivity index (χ1n) is 7.46. The molecule has 1 heterocycles. The van der Waals surface area contributed by atoms with Gasteiger partial charge in [-0.1, -0.05) is 30.0 Å². The van der Waals surface area contributed by atoms with Gasteiger partial charge in [0.15, 0.2) is 5.16 Å².